The van der Waals surface area contributed by atoms with Crippen LogP contribution >= 0.6 is 0 Å². The van der Waals surface area contributed by atoms with Crippen molar-refractivity contribution in [3.8, 4) is 190 Å². The molecule has 0 bridgehead atoms. The molecule has 116 heavy (non-hydrogen) atoms. The monoisotopic (exact) mass is 1480 g/mol. The summed E-state index contributed by atoms with van der Waals surface area (Å²) in [5.74, 6) is 0. The zero-order valence-corrected chi connectivity index (χ0v) is 63.3. The lowest BCUT2D eigenvalue weighted by molar-refractivity contribution is 1.25. The van der Waals surface area contributed by atoms with Gasteiger partial charge in [0, 0.05) is 68.9 Å². The van der Waals surface area contributed by atoms with E-state index in [0.717, 1.165) is 212 Å². The molecule has 0 aliphatic heterocycles. The summed E-state index contributed by atoms with van der Waals surface area (Å²) in [6, 6.07) is 148. The summed E-state index contributed by atoms with van der Waals surface area (Å²) >= 11 is 0. The molecule has 0 atom stereocenters. The van der Waals surface area contributed by atoms with E-state index in [4.69, 9.17) is 19.9 Å². The predicted molar refractivity (Wildman–Crippen MR) is 481 cm³/mol. The van der Waals surface area contributed by atoms with Gasteiger partial charge in [0.25, 0.3) is 0 Å². The quantitative estimate of drug-likeness (QED) is 0.0904. The van der Waals surface area contributed by atoms with Gasteiger partial charge >= 0.3 is 0 Å². The normalized spacial score (nSPS) is 11.3. The Morgan fingerprint density at radius 1 is 0.129 bits per heavy atom. The maximum atomic E-state index is 5.22. The van der Waals surface area contributed by atoms with E-state index in [0.29, 0.717) is 0 Å². The highest BCUT2D eigenvalue weighted by Gasteiger charge is 2.21. The second kappa shape index (κ2) is 31.0. The fourth-order valence-electron chi connectivity index (χ4n) is 16.3. The van der Waals surface area contributed by atoms with Gasteiger partial charge in [-0.25, -0.2) is 9.97 Å². The summed E-state index contributed by atoms with van der Waals surface area (Å²) in [6.45, 7) is 0. The first-order valence-corrected chi connectivity index (χ1v) is 39.2. The molecule has 6 heterocycles. The van der Waals surface area contributed by atoms with E-state index in [2.05, 4.69) is 386 Å². The molecule has 6 aromatic heterocycles. The van der Waals surface area contributed by atoms with Gasteiger partial charge in [-0.1, -0.05) is 315 Å². The number of pyridine rings is 6. The fraction of sp³-hybridized carbons (Fsp3) is 0. The minimum Gasteiger partial charge on any atom is -0.256 e. The minimum atomic E-state index is 0.777. The van der Waals surface area contributed by atoms with Gasteiger partial charge in [0.1, 0.15) is 0 Å². The number of para-hydroxylation sites is 2. The Balaban J connectivity index is 0.642. The lowest BCUT2D eigenvalue weighted by atomic mass is 9.86. The smallest absolute Gasteiger partial charge is 0.0886 e. The van der Waals surface area contributed by atoms with Crippen LogP contribution in [0.15, 0.2) is 437 Å². The second-order valence-corrected chi connectivity index (χ2v) is 29.3. The van der Waals surface area contributed by atoms with E-state index in [1.165, 1.54) is 0 Å². The number of aromatic nitrogens is 6. The summed E-state index contributed by atoms with van der Waals surface area (Å²) < 4.78 is 0. The molecule has 0 aliphatic carbocycles. The van der Waals surface area contributed by atoms with Gasteiger partial charge in [0.05, 0.1) is 45.2 Å². The molecule has 0 saturated carbocycles. The number of benzene rings is 14. The van der Waals surface area contributed by atoms with Crippen LogP contribution in [-0.2, 0) is 0 Å². The first kappa shape index (κ1) is 69.7. The molecule has 0 N–H and O–H groups in total. The first-order chi connectivity index (χ1) is 57.5. The van der Waals surface area contributed by atoms with Gasteiger partial charge in [0.15, 0.2) is 0 Å². The van der Waals surface area contributed by atoms with Crippen LogP contribution in [0.4, 0.5) is 0 Å². The van der Waals surface area contributed by atoms with E-state index in [1.54, 1.807) is 0 Å². The number of hydrogen-bond acceptors (Lipinski definition) is 6. The molecule has 542 valence electrons. The van der Waals surface area contributed by atoms with E-state index in [9.17, 15) is 0 Å². The van der Waals surface area contributed by atoms with E-state index in [-0.39, 0.29) is 0 Å². The highest BCUT2D eigenvalue weighted by Crippen LogP contribution is 2.46. The molecule has 6 heteroatoms. The summed E-state index contributed by atoms with van der Waals surface area (Å²) in [5, 5.41) is 2.25. The average Bonchev–Trinajstić information content (AvgIpc) is 0.770. The molecular formula is C110H72N6. The Morgan fingerprint density at radius 2 is 0.345 bits per heavy atom. The standard InChI is InChI=1S/C110H72N6/c1-15-37-105-77(21-1)55-59-107(115-105)81-51-43-75(44-52-81)93-25-5-11-31-99(93)87-66-88(100-32-12-6-26-94(100)76-45-53-82(54-46-76)108-60-56-78-22-2-16-38-106(78)116-108)70-90(69-87)102-34-14-8-28-96(102)84-58-62-110(114-72-84)109-61-57-83(71-113-109)95-27-7-13-33-101(95)89-67-85(97-29-9-3-23-91(97)73-39-47-79(48-40-73)103-35-17-19-63-111-103)65-86(68-89)98-30-10-4-24-92(98)74-41-49-80(50-42-74)104-36-18-20-64-112-104/h1-72H. The van der Waals surface area contributed by atoms with Gasteiger partial charge in [-0.05, 0) is 219 Å². The highest BCUT2D eigenvalue weighted by molar-refractivity contribution is 5.98. The Labute approximate surface area is 674 Å². The molecular weight excluding hydrogens is 1410 g/mol. The zero-order valence-electron chi connectivity index (χ0n) is 63.3. The third-order valence-electron chi connectivity index (χ3n) is 22.2. The highest BCUT2D eigenvalue weighted by atomic mass is 14.8. The van der Waals surface area contributed by atoms with Crippen molar-refractivity contribution in [2.75, 3.05) is 0 Å². The molecule has 0 fully saturated rings. The van der Waals surface area contributed by atoms with Gasteiger partial charge in [-0.2, -0.15) is 0 Å². The van der Waals surface area contributed by atoms with Crippen LogP contribution in [0, 0.1) is 0 Å². The number of rotatable bonds is 17. The molecule has 0 radical (unpaired) electrons. The average molecular weight is 1480 g/mol. The van der Waals surface area contributed by atoms with E-state index < -0.39 is 0 Å². The fourth-order valence-corrected chi connectivity index (χ4v) is 16.3. The van der Waals surface area contributed by atoms with Crippen LogP contribution in [0.3, 0.4) is 0 Å². The maximum absolute atomic E-state index is 5.22. The minimum absolute atomic E-state index is 0.777. The number of nitrogens with zero attached hydrogens (tertiary/aromatic N) is 6. The summed E-state index contributed by atoms with van der Waals surface area (Å²) in [6.07, 6.45) is 7.68. The van der Waals surface area contributed by atoms with Gasteiger partial charge in [-0.3, -0.25) is 19.9 Å². The van der Waals surface area contributed by atoms with Crippen LogP contribution in [0.5, 0.6) is 0 Å². The van der Waals surface area contributed by atoms with Crippen molar-refractivity contribution in [2.24, 2.45) is 0 Å². The number of hydrogen-bond donors (Lipinski definition) is 0. The third-order valence-corrected chi connectivity index (χ3v) is 22.2. The molecule has 0 saturated heterocycles. The van der Waals surface area contributed by atoms with Crippen molar-refractivity contribution in [1.29, 1.82) is 0 Å². The molecule has 20 aromatic rings. The Morgan fingerprint density at radius 3 is 0.603 bits per heavy atom. The van der Waals surface area contributed by atoms with E-state index >= 15 is 0 Å². The van der Waals surface area contributed by atoms with Crippen molar-refractivity contribution in [3.63, 3.8) is 0 Å². The van der Waals surface area contributed by atoms with Gasteiger partial charge in [-0.15, -0.1) is 0 Å². The van der Waals surface area contributed by atoms with Crippen molar-refractivity contribution in [2.45, 2.75) is 0 Å². The van der Waals surface area contributed by atoms with Crippen LogP contribution in [0.1, 0.15) is 0 Å². The first-order valence-electron chi connectivity index (χ1n) is 39.2. The van der Waals surface area contributed by atoms with Crippen LogP contribution in [0.25, 0.3) is 212 Å². The molecule has 6 nitrogen and oxygen atoms in total. The summed E-state index contributed by atoms with van der Waals surface area (Å²) in [5.41, 5.74) is 38.0. The van der Waals surface area contributed by atoms with Gasteiger partial charge < -0.3 is 0 Å². The van der Waals surface area contributed by atoms with Gasteiger partial charge in [0.2, 0.25) is 0 Å². The largest absolute Gasteiger partial charge is 0.256 e. The van der Waals surface area contributed by atoms with Crippen molar-refractivity contribution < 1.29 is 0 Å². The predicted octanol–water partition coefficient (Wildman–Crippen LogP) is 28.7. The Hall–Kier alpha value is -15.5. The van der Waals surface area contributed by atoms with Crippen molar-refractivity contribution in [3.05, 3.63) is 437 Å². The maximum Gasteiger partial charge on any atom is 0.0886 e. The van der Waals surface area contributed by atoms with Crippen LogP contribution < -0.4 is 0 Å². The SMILES string of the molecule is c1ccc(-c2ccc(-c3ccccc3-c3cc(-c4ccccc4-c4ccc(-c5ccccn5)cc4)cc(-c4ccccc4-c4ccc(-c5ccc(-c6ccccc6-c6cc(-c7ccccc7-c7ccc(-c8ccc9ccccc9n8)cc7)cc(-c7ccccc7-c7ccc(-c8ccc9ccccc9n8)cc7)c6)cn5)nc4)c3)cc2)nc1. The topological polar surface area (TPSA) is 77.3 Å². The Bertz CT molecular complexity index is 6680. The van der Waals surface area contributed by atoms with Crippen LogP contribution in [0.2, 0.25) is 0 Å². The molecule has 0 unspecified atom stereocenters. The molecule has 0 spiro atoms. The molecule has 14 aromatic carbocycles. The molecule has 0 amide bonds. The van der Waals surface area contributed by atoms with Crippen molar-refractivity contribution in [1.82, 2.24) is 29.9 Å². The second-order valence-electron chi connectivity index (χ2n) is 29.3. The molecule has 0 aliphatic rings. The third kappa shape index (κ3) is 14.0. The zero-order chi connectivity index (χ0) is 77.1. The Kier molecular flexibility index (Phi) is 18.6. The lowest BCUT2D eigenvalue weighted by Gasteiger charge is -2.18. The van der Waals surface area contributed by atoms with Crippen LogP contribution in [-0.4, -0.2) is 29.9 Å². The number of fused-ring (bicyclic) bond motifs is 2. The summed E-state index contributed by atoms with van der Waals surface area (Å²) in [7, 11) is 0. The lowest BCUT2D eigenvalue weighted by Crippen LogP contribution is -1.93. The van der Waals surface area contributed by atoms with Crippen molar-refractivity contribution >= 4 is 21.8 Å². The molecule has 20 rings (SSSR count). The van der Waals surface area contributed by atoms with E-state index in [1.807, 2.05) is 61.2 Å². The summed E-state index contributed by atoms with van der Waals surface area (Å²) in [4.78, 5) is 29.8.